The molecule has 1 aliphatic rings. The van der Waals surface area contributed by atoms with Crippen LogP contribution in [0.2, 0.25) is 0 Å². The Balaban J connectivity index is 2.19. The van der Waals surface area contributed by atoms with Gasteiger partial charge in [0.25, 0.3) is 0 Å². The minimum atomic E-state index is -0.146. The topological polar surface area (TPSA) is 34.1 Å². The highest BCUT2D eigenvalue weighted by atomic mass is 32.1. The fourth-order valence-corrected chi connectivity index (χ4v) is 3.65. The Bertz CT molecular complexity index is 442. The maximum atomic E-state index is 5.95. The van der Waals surface area contributed by atoms with Crippen LogP contribution in [-0.2, 0) is 23.3 Å². The van der Waals surface area contributed by atoms with E-state index in [0.717, 1.165) is 38.8 Å². The number of aromatic nitrogens is 1. The molecular formula is C16H28N2OS. The van der Waals surface area contributed by atoms with Gasteiger partial charge in [-0.15, -0.1) is 11.3 Å². The molecule has 2 rings (SSSR count). The number of hydrogen-bond donors (Lipinski definition) is 1. The Labute approximate surface area is 127 Å². The summed E-state index contributed by atoms with van der Waals surface area (Å²) in [4.78, 5) is 6.29. The highest BCUT2D eigenvalue weighted by Crippen LogP contribution is 2.39. The average molecular weight is 296 g/mol. The SMILES string of the molecule is CCCc1nc(C2(C)CCCO2)sc1CNC(C)(C)C. The molecule has 0 amide bonds. The van der Waals surface area contributed by atoms with E-state index < -0.39 is 0 Å². The molecule has 1 saturated heterocycles. The van der Waals surface area contributed by atoms with Gasteiger partial charge in [-0.05, 0) is 47.0 Å². The number of hydrogen-bond acceptors (Lipinski definition) is 4. The smallest absolute Gasteiger partial charge is 0.125 e. The maximum Gasteiger partial charge on any atom is 0.125 e. The Hall–Kier alpha value is -0.450. The standard InChI is InChI=1S/C16H28N2OS/c1-6-8-12-13(11-17-15(2,3)4)20-14(18-12)16(5)9-7-10-19-16/h17H,6-11H2,1-5H3. The Morgan fingerprint density at radius 1 is 1.40 bits per heavy atom. The molecule has 1 N–H and O–H groups in total. The molecule has 0 radical (unpaired) electrons. The summed E-state index contributed by atoms with van der Waals surface area (Å²) in [5.74, 6) is 0. The maximum absolute atomic E-state index is 5.95. The van der Waals surface area contributed by atoms with E-state index in [2.05, 4.69) is 39.9 Å². The van der Waals surface area contributed by atoms with Crippen molar-refractivity contribution in [2.45, 2.75) is 78.0 Å². The van der Waals surface area contributed by atoms with Crippen LogP contribution in [0.15, 0.2) is 0 Å². The lowest BCUT2D eigenvalue weighted by molar-refractivity contribution is 0.0165. The molecule has 0 aliphatic carbocycles. The van der Waals surface area contributed by atoms with Crippen molar-refractivity contribution in [1.29, 1.82) is 0 Å². The summed E-state index contributed by atoms with van der Waals surface area (Å²) < 4.78 is 5.95. The molecule has 2 heterocycles. The van der Waals surface area contributed by atoms with Crippen molar-refractivity contribution in [3.63, 3.8) is 0 Å². The van der Waals surface area contributed by atoms with Gasteiger partial charge in [0.15, 0.2) is 0 Å². The quantitative estimate of drug-likeness (QED) is 0.891. The van der Waals surface area contributed by atoms with E-state index in [9.17, 15) is 0 Å². The number of ether oxygens (including phenoxy) is 1. The predicted octanol–water partition coefficient (Wildman–Crippen LogP) is 4.01. The third kappa shape index (κ3) is 3.80. The van der Waals surface area contributed by atoms with Crippen LogP contribution in [0.4, 0.5) is 0 Å². The number of thiazole rings is 1. The normalized spacial score (nSPS) is 23.4. The van der Waals surface area contributed by atoms with Crippen LogP contribution < -0.4 is 5.32 Å². The first kappa shape index (κ1) is 15.9. The highest BCUT2D eigenvalue weighted by Gasteiger charge is 2.35. The van der Waals surface area contributed by atoms with Crippen LogP contribution >= 0.6 is 11.3 Å². The van der Waals surface area contributed by atoms with Crippen LogP contribution in [0.25, 0.3) is 0 Å². The van der Waals surface area contributed by atoms with Crippen molar-refractivity contribution in [1.82, 2.24) is 10.3 Å². The lowest BCUT2D eigenvalue weighted by Crippen LogP contribution is -2.35. The molecule has 1 unspecified atom stereocenters. The Morgan fingerprint density at radius 2 is 2.15 bits per heavy atom. The number of aryl methyl sites for hydroxylation is 1. The lowest BCUT2D eigenvalue weighted by atomic mass is 10.0. The summed E-state index contributed by atoms with van der Waals surface area (Å²) in [5, 5.41) is 4.75. The van der Waals surface area contributed by atoms with Crippen LogP contribution in [0, 0.1) is 0 Å². The van der Waals surface area contributed by atoms with Gasteiger partial charge in [-0.3, -0.25) is 0 Å². The summed E-state index contributed by atoms with van der Waals surface area (Å²) in [6.07, 6.45) is 4.45. The van der Waals surface area contributed by atoms with Crippen molar-refractivity contribution >= 4 is 11.3 Å². The zero-order valence-corrected chi connectivity index (χ0v) is 14.3. The minimum absolute atomic E-state index is 0.140. The van der Waals surface area contributed by atoms with Crippen LogP contribution in [0.1, 0.15) is 69.5 Å². The molecule has 1 atom stereocenters. The van der Waals surface area contributed by atoms with Crippen LogP contribution in [0.3, 0.4) is 0 Å². The van der Waals surface area contributed by atoms with E-state index in [-0.39, 0.29) is 11.1 Å². The second-order valence-corrected chi connectivity index (χ2v) is 8.01. The molecule has 1 aromatic rings. The largest absolute Gasteiger partial charge is 0.368 e. The van der Waals surface area contributed by atoms with Crippen molar-refractivity contribution in [2.75, 3.05) is 6.61 Å². The van der Waals surface area contributed by atoms with E-state index in [4.69, 9.17) is 9.72 Å². The molecule has 0 spiro atoms. The first-order valence-corrected chi connectivity index (χ1v) is 8.54. The number of nitrogens with zero attached hydrogens (tertiary/aromatic N) is 1. The fraction of sp³-hybridized carbons (Fsp3) is 0.812. The summed E-state index contributed by atoms with van der Waals surface area (Å²) in [5.41, 5.74) is 1.26. The number of rotatable bonds is 5. The minimum Gasteiger partial charge on any atom is -0.368 e. The molecule has 114 valence electrons. The molecule has 0 aromatic carbocycles. The average Bonchev–Trinajstić information content (AvgIpc) is 2.94. The molecule has 1 fully saturated rings. The van der Waals surface area contributed by atoms with Gasteiger partial charge in [0.1, 0.15) is 10.6 Å². The van der Waals surface area contributed by atoms with Gasteiger partial charge < -0.3 is 10.1 Å². The fourth-order valence-electron chi connectivity index (χ4n) is 2.47. The summed E-state index contributed by atoms with van der Waals surface area (Å²) in [7, 11) is 0. The molecule has 0 saturated carbocycles. The molecular weight excluding hydrogens is 268 g/mol. The van der Waals surface area contributed by atoms with E-state index in [0.29, 0.717) is 0 Å². The Morgan fingerprint density at radius 3 is 2.70 bits per heavy atom. The monoisotopic (exact) mass is 296 g/mol. The van der Waals surface area contributed by atoms with Crippen molar-refractivity contribution < 1.29 is 4.74 Å². The van der Waals surface area contributed by atoms with Gasteiger partial charge in [0, 0.05) is 23.6 Å². The summed E-state index contributed by atoms with van der Waals surface area (Å²) in [6.45, 7) is 12.8. The van der Waals surface area contributed by atoms with E-state index in [1.807, 2.05) is 11.3 Å². The molecule has 3 nitrogen and oxygen atoms in total. The summed E-state index contributed by atoms with van der Waals surface area (Å²) >= 11 is 1.84. The van der Waals surface area contributed by atoms with Crippen LogP contribution in [-0.4, -0.2) is 17.1 Å². The zero-order valence-electron chi connectivity index (χ0n) is 13.5. The first-order valence-electron chi connectivity index (χ1n) is 7.72. The third-order valence-electron chi connectivity index (χ3n) is 3.72. The van der Waals surface area contributed by atoms with Crippen molar-refractivity contribution in [3.8, 4) is 0 Å². The molecule has 1 aromatic heterocycles. The molecule has 0 bridgehead atoms. The highest BCUT2D eigenvalue weighted by molar-refractivity contribution is 7.11. The second kappa shape index (κ2) is 6.12. The third-order valence-corrected chi connectivity index (χ3v) is 5.06. The van der Waals surface area contributed by atoms with Gasteiger partial charge in [0.2, 0.25) is 0 Å². The number of nitrogens with one attached hydrogen (secondary N) is 1. The second-order valence-electron chi connectivity index (χ2n) is 6.93. The molecule has 4 heteroatoms. The van der Waals surface area contributed by atoms with E-state index in [1.54, 1.807) is 0 Å². The predicted molar refractivity (Wildman–Crippen MR) is 85.2 cm³/mol. The molecule has 1 aliphatic heterocycles. The van der Waals surface area contributed by atoms with Gasteiger partial charge in [-0.1, -0.05) is 13.3 Å². The van der Waals surface area contributed by atoms with Gasteiger partial charge in [-0.25, -0.2) is 4.98 Å². The van der Waals surface area contributed by atoms with Gasteiger partial charge >= 0.3 is 0 Å². The van der Waals surface area contributed by atoms with Crippen molar-refractivity contribution in [2.24, 2.45) is 0 Å². The van der Waals surface area contributed by atoms with Crippen molar-refractivity contribution in [3.05, 3.63) is 15.6 Å². The van der Waals surface area contributed by atoms with Gasteiger partial charge in [-0.2, -0.15) is 0 Å². The van der Waals surface area contributed by atoms with E-state index in [1.165, 1.54) is 15.6 Å². The lowest BCUT2D eigenvalue weighted by Gasteiger charge is -2.20. The summed E-state index contributed by atoms with van der Waals surface area (Å²) in [6, 6.07) is 0. The van der Waals surface area contributed by atoms with Crippen LogP contribution in [0.5, 0.6) is 0 Å². The Kier molecular flexibility index (Phi) is 4.88. The van der Waals surface area contributed by atoms with E-state index >= 15 is 0 Å². The zero-order chi connectivity index (χ0) is 14.8. The first-order chi connectivity index (χ1) is 9.34. The van der Waals surface area contributed by atoms with Gasteiger partial charge in [0.05, 0.1) is 5.69 Å². The molecule has 20 heavy (non-hydrogen) atoms.